The van der Waals surface area contributed by atoms with Crippen LogP contribution in [0.4, 0.5) is 17.2 Å². The van der Waals surface area contributed by atoms with Crippen molar-refractivity contribution in [1.82, 2.24) is 24.3 Å². The van der Waals surface area contributed by atoms with E-state index < -0.39 is 0 Å². The maximum Gasteiger partial charge on any atom is 0.263 e. The lowest BCUT2D eigenvalue weighted by Crippen LogP contribution is -2.49. The van der Waals surface area contributed by atoms with Crippen LogP contribution in [0.2, 0.25) is 0 Å². The zero-order valence-corrected chi connectivity index (χ0v) is 23.2. The second kappa shape index (κ2) is 11.3. The number of fused-ring (bicyclic) bond motifs is 1. The first kappa shape index (κ1) is 26.3. The van der Waals surface area contributed by atoms with E-state index in [1.54, 1.807) is 12.0 Å². The predicted molar refractivity (Wildman–Crippen MR) is 158 cm³/mol. The smallest absolute Gasteiger partial charge is 0.263 e. The molecular formula is C31H37N7O2. The summed E-state index contributed by atoms with van der Waals surface area (Å²) >= 11 is 0. The number of ether oxygens (including phenoxy) is 1. The van der Waals surface area contributed by atoms with Crippen molar-refractivity contribution in [3.8, 4) is 5.75 Å². The molecule has 40 heavy (non-hydrogen) atoms. The highest BCUT2D eigenvalue weighted by molar-refractivity contribution is 6.16. The lowest BCUT2D eigenvalue weighted by atomic mass is 9.89. The number of carbonyl (C=O) groups excluding carboxylic acids is 1. The monoisotopic (exact) mass is 539 g/mol. The first-order valence-corrected chi connectivity index (χ1v) is 14.1. The average Bonchev–Trinajstić information content (AvgIpc) is 3.39. The van der Waals surface area contributed by atoms with Crippen molar-refractivity contribution < 1.29 is 9.53 Å². The van der Waals surface area contributed by atoms with E-state index in [4.69, 9.17) is 15.5 Å². The van der Waals surface area contributed by atoms with Gasteiger partial charge in [0, 0.05) is 50.0 Å². The fourth-order valence-corrected chi connectivity index (χ4v) is 6.30. The van der Waals surface area contributed by atoms with Gasteiger partial charge in [-0.05, 0) is 57.0 Å². The van der Waals surface area contributed by atoms with Crippen LogP contribution in [0, 0.1) is 0 Å². The van der Waals surface area contributed by atoms with Gasteiger partial charge >= 0.3 is 0 Å². The third kappa shape index (κ3) is 4.91. The number of methoxy groups -OCH3 is 1. The molecule has 9 nitrogen and oxygen atoms in total. The molecule has 4 aromatic rings. The molecule has 3 heterocycles. The molecule has 0 bridgehead atoms. The summed E-state index contributed by atoms with van der Waals surface area (Å²) in [5.74, 6) is 0.771. The number of hydrogen-bond donors (Lipinski definition) is 1. The number of rotatable bonds is 6. The van der Waals surface area contributed by atoms with E-state index in [1.165, 1.54) is 6.33 Å². The van der Waals surface area contributed by atoms with Crippen LogP contribution in [0.5, 0.6) is 5.75 Å². The Kier molecular flexibility index (Phi) is 7.40. The van der Waals surface area contributed by atoms with E-state index in [2.05, 4.69) is 26.4 Å². The molecule has 1 saturated carbocycles. The van der Waals surface area contributed by atoms with Gasteiger partial charge in [0.05, 0.1) is 23.9 Å². The summed E-state index contributed by atoms with van der Waals surface area (Å²) in [7, 11) is 3.82. The number of likely N-dealkylation sites (N-methyl/N-ethyl adjacent to an activating group) is 1. The Balaban J connectivity index is 1.40. The van der Waals surface area contributed by atoms with E-state index in [1.807, 2.05) is 60.8 Å². The van der Waals surface area contributed by atoms with Gasteiger partial charge in [-0.15, -0.1) is 0 Å². The minimum atomic E-state index is -0.175. The van der Waals surface area contributed by atoms with Crippen molar-refractivity contribution in [2.45, 2.75) is 37.8 Å². The van der Waals surface area contributed by atoms with E-state index in [9.17, 15) is 4.79 Å². The lowest BCUT2D eigenvalue weighted by Gasteiger charge is -2.41. The van der Waals surface area contributed by atoms with Crippen LogP contribution < -0.4 is 15.4 Å². The van der Waals surface area contributed by atoms with Crippen LogP contribution in [0.1, 0.15) is 42.1 Å². The van der Waals surface area contributed by atoms with Gasteiger partial charge in [0.15, 0.2) is 0 Å². The minimum absolute atomic E-state index is 0.175. The summed E-state index contributed by atoms with van der Waals surface area (Å²) in [6.07, 6.45) is 7.94. The number of nitrogens with zero attached hydrogens (tertiary/aromatic N) is 6. The molecule has 1 aliphatic heterocycles. The number of nitrogen functional groups attached to an aromatic ring is 1. The molecule has 9 heteroatoms. The van der Waals surface area contributed by atoms with Crippen molar-refractivity contribution in [1.29, 1.82) is 0 Å². The summed E-state index contributed by atoms with van der Waals surface area (Å²) in [6.45, 7) is 4.55. The molecule has 2 aliphatic rings. The van der Waals surface area contributed by atoms with Crippen LogP contribution in [0.25, 0.3) is 11.0 Å². The number of piperazine rings is 1. The zero-order valence-electron chi connectivity index (χ0n) is 23.2. The number of anilines is 3. The number of nitrogens with two attached hydrogens (primary N) is 1. The maximum atomic E-state index is 14.2. The van der Waals surface area contributed by atoms with E-state index in [-0.39, 0.29) is 11.9 Å². The topological polar surface area (TPSA) is 92.8 Å². The number of para-hydroxylation sites is 2. The molecule has 1 aliphatic carbocycles. The standard InChI is InChI=1S/C31H37N7O2/c1-35-16-18-36(19-17-35)23-12-14-24(15-13-23)37-20-26(28-29(32)33-21-34-30(28)37)38(25-10-6-7-11-27(25)40-2)31(39)22-8-4-3-5-9-22/h3-11,20-21,23-24H,12-19H2,1-2H3,(H2,32,33,34). The largest absolute Gasteiger partial charge is 0.495 e. The van der Waals surface area contributed by atoms with Crippen molar-refractivity contribution in [2.24, 2.45) is 0 Å². The molecular weight excluding hydrogens is 502 g/mol. The number of amides is 1. The van der Waals surface area contributed by atoms with Gasteiger partial charge in [0.1, 0.15) is 23.5 Å². The van der Waals surface area contributed by atoms with Crippen molar-refractivity contribution in [3.63, 3.8) is 0 Å². The van der Waals surface area contributed by atoms with E-state index in [0.717, 1.165) is 57.5 Å². The van der Waals surface area contributed by atoms with Gasteiger partial charge in [-0.3, -0.25) is 14.6 Å². The number of hydrogen-bond acceptors (Lipinski definition) is 7. The van der Waals surface area contributed by atoms with Gasteiger partial charge in [-0.25, -0.2) is 9.97 Å². The molecule has 1 amide bonds. The first-order chi connectivity index (χ1) is 19.5. The lowest BCUT2D eigenvalue weighted by molar-refractivity contribution is 0.0827. The number of aromatic nitrogens is 3. The third-order valence-electron chi connectivity index (χ3n) is 8.52. The molecule has 2 aromatic carbocycles. The van der Waals surface area contributed by atoms with Crippen molar-refractivity contribution in [3.05, 3.63) is 72.7 Å². The Bertz CT molecular complexity index is 1470. The van der Waals surface area contributed by atoms with Crippen LogP contribution in [-0.2, 0) is 0 Å². The second-order valence-electron chi connectivity index (χ2n) is 10.9. The second-order valence-corrected chi connectivity index (χ2v) is 10.9. The Morgan fingerprint density at radius 3 is 2.30 bits per heavy atom. The van der Waals surface area contributed by atoms with Gasteiger partial charge in [0.2, 0.25) is 0 Å². The molecule has 0 unspecified atom stereocenters. The summed E-state index contributed by atoms with van der Waals surface area (Å²) in [4.78, 5) is 30.0. The van der Waals surface area contributed by atoms with Gasteiger partial charge in [-0.2, -0.15) is 0 Å². The molecule has 0 spiro atoms. The SMILES string of the molecule is COc1ccccc1N(C(=O)c1ccccc1)c1cn(C2CCC(N3CCN(C)CC3)CC2)c2ncnc(N)c12. The Hall–Kier alpha value is -3.95. The van der Waals surface area contributed by atoms with Crippen molar-refractivity contribution in [2.75, 3.05) is 51.0 Å². The van der Waals surface area contributed by atoms with Crippen LogP contribution in [0.3, 0.4) is 0 Å². The van der Waals surface area contributed by atoms with E-state index >= 15 is 0 Å². The molecule has 0 radical (unpaired) electrons. The molecule has 2 fully saturated rings. The Morgan fingerprint density at radius 2 is 1.57 bits per heavy atom. The highest BCUT2D eigenvalue weighted by Gasteiger charge is 2.32. The normalized spacial score (nSPS) is 20.4. The minimum Gasteiger partial charge on any atom is -0.495 e. The van der Waals surface area contributed by atoms with Gasteiger partial charge < -0.3 is 19.9 Å². The third-order valence-corrected chi connectivity index (χ3v) is 8.52. The fraction of sp³-hybridized carbons (Fsp3) is 0.387. The quantitative estimate of drug-likeness (QED) is 0.379. The highest BCUT2D eigenvalue weighted by Crippen LogP contribution is 2.43. The molecule has 2 aromatic heterocycles. The van der Waals surface area contributed by atoms with E-state index in [0.29, 0.717) is 39.9 Å². The zero-order chi connectivity index (χ0) is 27.6. The first-order valence-electron chi connectivity index (χ1n) is 14.1. The van der Waals surface area contributed by atoms with Crippen molar-refractivity contribution >= 4 is 34.1 Å². The average molecular weight is 540 g/mol. The molecule has 0 atom stereocenters. The highest BCUT2D eigenvalue weighted by atomic mass is 16.5. The van der Waals surface area contributed by atoms with Gasteiger partial charge in [-0.1, -0.05) is 30.3 Å². The number of carbonyl (C=O) groups is 1. The molecule has 208 valence electrons. The maximum absolute atomic E-state index is 14.2. The fourth-order valence-electron chi connectivity index (χ4n) is 6.30. The Morgan fingerprint density at radius 1 is 0.900 bits per heavy atom. The summed E-state index contributed by atoms with van der Waals surface area (Å²) < 4.78 is 7.93. The summed E-state index contributed by atoms with van der Waals surface area (Å²) in [5, 5.41) is 0.680. The van der Waals surface area contributed by atoms with Crippen LogP contribution in [-0.4, -0.2) is 76.6 Å². The summed E-state index contributed by atoms with van der Waals surface area (Å²) in [6, 6.07) is 17.7. The van der Waals surface area contributed by atoms with Gasteiger partial charge in [0.25, 0.3) is 5.91 Å². The van der Waals surface area contributed by atoms with Crippen LogP contribution in [0.15, 0.2) is 67.1 Å². The Labute approximate surface area is 235 Å². The predicted octanol–water partition coefficient (Wildman–Crippen LogP) is 4.73. The molecule has 1 saturated heterocycles. The molecule has 2 N–H and O–H groups in total. The van der Waals surface area contributed by atoms with Crippen LogP contribution >= 0.6 is 0 Å². The summed E-state index contributed by atoms with van der Waals surface area (Å²) in [5.41, 5.74) is 9.13. The number of benzene rings is 2. The molecule has 6 rings (SSSR count).